The Morgan fingerprint density at radius 2 is 1.85 bits per heavy atom. The number of sulfonamides is 1. The zero-order chi connectivity index (χ0) is 18.4. The van der Waals surface area contributed by atoms with Gasteiger partial charge in [-0.15, -0.1) is 0 Å². The Kier molecular flexibility index (Phi) is 5.95. The number of rotatable bonds is 7. The molecule has 1 aromatic heterocycles. The van der Waals surface area contributed by atoms with Crippen LogP contribution in [0.4, 0.5) is 0 Å². The summed E-state index contributed by atoms with van der Waals surface area (Å²) >= 11 is 0. The van der Waals surface area contributed by atoms with Gasteiger partial charge in [-0.25, -0.2) is 18.1 Å². The first kappa shape index (κ1) is 18.5. The van der Waals surface area contributed by atoms with Crippen LogP contribution in [-0.4, -0.2) is 36.9 Å². The van der Waals surface area contributed by atoms with Gasteiger partial charge >= 0.3 is 0 Å². The van der Waals surface area contributed by atoms with Gasteiger partial charge in [0, 0.05) is 25.0 Å². The lowest BCUT2D eigenvalue weighted by molar-refractivity contribution is 0.0948. The Morgan fingerprint density at radius 3 is 2.50 bits per heavy atom. The summed E-state index contributed by atoms with van der Waals surface area (Å²) in [5, 5.41) is 2.77. The van der Waals surface area contributed by atoms with E-state index in [1.807, 2.05) is 0 Å². The van der Waals surface area contributed by atoms with E-state index >= 15 is 0 Å². The van der Waals surface area contributed by atoms with Crippen molar-refractivity contribution in [1.29, 1.82) is 0 Å². The third kappa shape index (κ3) is 4.86. The zero-order valence-corrected chi connectivity index (χ0v) is 15.2. The molecule has 1 amide bonds. The summed E-state index contributed by atoms with van der Waals surface area (Å²) in [4.78, 5) is 20.0. The average Bonchev–Trinajstić information content (AvgIpc) is 3.15. The Bertz CT molecular complexity index is 832. The molecule has 1 fully saturated rings. The molecule has 7 nitrogen and oxygen atoms in total. The van der Waals surface area contributed by atoms with Gasteiger partial charge in [0.05, 0.1) is 11.1 Å². The molecule has 26 heavy (non-hydrogen) atoms. The number of carbonyl (C=O) groups is 1. The SMILES string of the molecule is O=C(NCCc1ccc(S(=O)(=O)NC2CCCC2)cc1)c1cnccn1. The molecule has 0 unspecified atom stereocenters. The van der Waals surface area contributed by atoms with Gasteiger partial charge in [0.1, 0.15) is 5.69 Å². The Labute approximate surface area is 153 Å². The van der Waals surface area contributed by atoms with E-state index in [2.05, 4.69) is 20.0 Å². The van der Waals surface area contributed by atoms with Crippen LogP contribution in [0, 0.1) is 0 Å². The number of aromatic nitrogens is 2. The highest BCUT2D eigenvalue weighted by Gasteiger charge is 2.22. The van der Waals surface area contributed by atoms with Crippen molar-refractivity contribution < 1.29 is 13.2 Å². The molecule has 1 aromatic carbocycles. The normalized spacial score (nSPS) is 15.1. The highest BCUT2D eigenvalue weighted by atomic mass is 32.2. The topological polar surface area (TPSA) is 101 Å². The highest BCUT2D eigenvalue weighted by molar-refractivity contribution is 7.89. The van der Waals surface area contributed by atoms with Crippen LogP contribution in [0.1, 0.15) is 41.7 Å². The molecule has 1 saturated carbocycles. The summed E-state index contributed by atoms with van der Waals surface area (Å²) in [5.41, 5.74) is 1.22. The molecule has 0 bridgehead atoms. The summed E-state index contributed by atoms with van der Waals surface area (Å²) in [6.07, 6.45) is 8.95. The Balaban J connectivity index is 1.52. The molecule has 1 aliphatic carbocycles. The van der Waals surface area contributed by atoms with E-state index in [9.17, 15) is 13.2 Å². The number of amides is 1. The molecule has 2 aromatic rings. The lowest BCUT2D eigenvalue weighted by Crippen LogP contribution is -2.32. The van der Waals surface area contributed by atoms with Crippen molar-refractivity contribution in [3.05, 3.63) is 54.1 Å². The van der Waals surface area contributed by atoms with Crippen LogP contribution in [0.2, 0.25) is 0 Å². The third-order valence-corrected chi connectivity index (χ3v) is 5.94. The summed E-state index contributed by atoms with van der Waals surface area (Å²) in [5.74, 6) is -0.280. The molecule has 0 spiro atoms. The maximum Gasteiger partial charge on any atom is 0.271 e. The number of benzene rings is 1. The van der Waals surface area contributed by atoms with Crippen molar-refractivity contribution >= 4 is 15.9 Å². The van der Waals surface area contributed by atoms with Crippen LogP contribution in [0.15, 0.2) is 47.8 Å². The maximum absolute atomic E-state index is 12.4. The molecular weight excluding hydrogens is 352 g/mol. The predicted octanol–water partition coefficient (Wildman–Crippen LogP) is 1.67. The van der Waals surface area contributed by atoms with E-state index in [0.29, 0.717) is 13.0 Å². The van der Waals surface area contributed by atoms with Crippen molar-refractivity contribution in [2.75, 3.05) is 6.54 Å². The van der Waals surface area contributed by atoms with Crippen LogP contribution < -0.4 is 10.0 Å². The first-order valence-electron chi connectivity index (χ1n) is 8.70. The summed E-state index contributed by atoms with van der Waals surface area (Å²) in [6, 6.07) is 6.82. The van der Waals surface area contributed by atoms with Crippen LogP contribution in [0.5, 0.6) is 0 Å². The van der Waals surface area contributed by atoms with E-state index in [1.54, 1.807) is 24.3 Å². The van der Waals surface area contributed by atoms with E-state index in [-0.39, 0.29) is 22.5 Å². The first-order chi connectivity index (χ1) is 12.5. The lowest BCUT2D eigenvalue weighted by atomic mass is 10.1. The Hall–Kier alpha value is -2.32. The molecule has 0 atom stereocenters. The van der Waals surface area contributed by atoms with Crippen molar-refractivity contribution in [1.82, 2.24) is 20.0 Å². The van der Waals surface area contributed by atoms with Crippen LogP contribution in [-0.2, 0) is 16.4 Å². The van der Waals surface area contributed by atoms with E-state index < -0.39 is 10.0 Å². The van der Waals surface area contributed by atoms with Gasteiger partial charge in [0.15, 0.2) is 0 Å². The molecule has 0 aliphatic heterocycles. The smallest absolute Gasteiger partial charge is 0.271 e. The molecule has 1 aliphatic rings. The summed E-state index contributed by atoms with van der Waals surface area (Å²) < 4.78 is 27.5. The second kappa shape index (κ2) is 8.37. The van der Waals surface area contributed by atoms with E-state index in [1.165, 1.54) is 18.6 Å². The molecule has 0 saturated heterocycles. The fourth-order valence-corrected chi connectivity index (χ4v) is 4.30. The fraction of sp³-hybridized carbons (Fsp3) is 0.389. The summed E-state index contributed by atoms with van der Waals surface area (Å²) in [7, 11) is -3.47. The van der Waals surface area contributed by atoms with E-state index in [0.717, 1.165) is 31.2 Å². The first-order valence-corrected chi connectivity index (χ1v) is 10.2. The number of hydrogen-bond donors (Lipinski definition) is 2. The molecule has 8 heteroatoms. The standard InChI is InChI=1S/C18H22N4O3S/c23-18(17-13-19-11-12-20-17)21-10-9-14-5-7-16(8-6-14)26(24,25)22-15-3-1-2-4-15/h5-8,11-13,15,22H,1-4,9-10H2,(H,21,23). The lowest BCUT2D eigenvalue weighted by Gasteiger charge is -2.13. The van der Waals surface area contributed by atoms with Gasteiger partial charge < -0.3 is 5.32 Å². The molecule has 0 radical (unpaired) electrons. The second-order valence-corrected chi connectivity index (χ2v) is 8.06. The zero-order valence-electron chi connectivity index (χ0n) is 14.4. The highest BCUT2D eigenvalue weighted by Crippen LogP contribution is 2.20. The van der Waals surface area contributed by atoms with Gasteiger partial charge in [0.25, 0.3) is 5.91 Å². The number of carbonyl (C=O) groups excluding carboxylic acids is 1. The number of nitrogens with one attached hydrogen (secondary N) is 2. The van der Waals surface area contributed by atoms with Gasteiger partial charge in [-0.3, -0.25) is 9.78 Å². The maximum atomic E-state index is 12.4. The second-order valence-electron chi connectivity index (χ2n) is 6.34. The van der Waals surface area contributed by atoms with Gasteiger partial charge in [0.2, 0.25) is 10.0 Å². The summed E-state index contributed by atoms with van der Waals surface area (Å²) in [6.45, 7) is 0.432. The van der Waals surface area contributed by atoms with Crippen molar-refractivity contribution in [3.8, 4) is 0 Å². The minimum Gasteiger partial charge on any atom is -0.350 e. The largest absolute Gasteiger partial charge is 0.350 e. The average molecular weight is 374 g/mol. The molecular formula is C18H22N4O3S. The third-order valence-electron chi connectivity index (χ3n) is 4.41. The van der Waals surface area contributed by atoms with Gasteiger partial charge in [-0.2, -0.15) is 0 Å². The van der Waals surface area contributed by atoms with Crippen LogP contribution in [0.3, 0.4) is 0 Å². The minimum absolute atomic E-state index is 0.0518. The Morgan fingerprint density at radius 1 is 1.12 bits per heavy atom. The van der Waals surface area contributed by atoms with Crippen molar-refractivity contribution in [3.63, 3.8) is 0 Å². The van der Waals surface area contributed by atoms with Crippen molar-refractivity contribution in [2.45, 2.75) is 43.0 Å². The fourth-order valence-electron chi connectivity index (χ4n) is 2.99. The molecule has 1 heterocycles. The van der Waals surface area contributed by atoms with E-state index in [4.69, 9.17) is 0 Å². The monoisotopic (exact) mass is 374 g/mol. The van der Waals surface area contributed by atoms with Crippen LogP contribution >= 0.6 is 0 Å². The number of hydrogen-bond acceptors (Lipinski definition) is 5. The quantitative estimate of drug-likeness (QED) is 0.768. The molecule has 3 rings (SSSR count). The molecule has 138 valence electrons. The number of nitrogens with zero attached hydrogens (tertiary/aromatic N) is 2. The predicted molar refractivity (Wildman–Crippen MR) is 97.1 cm³/mol. The van der Waals surface area contributed by atoms with Gasteiger partial charge in [-0.05, 0) is 37.0 Å². The molecule has 2 N–H and O–H groups in total. The minimum atomic E-state index is -3.47. The van der Waals surface area contributed by atoms with Gasteiger partial charge in [-0.1, -0.05) is 25.0 Å². The van der Waals surface area contributed by atoms with Crippen LogP contribution in [0.25, 0.3) is 0 Å². The van der Waals surface area contributed by atoms with Crippen molar-refractivity contribution in [2.24, 2.45) is 0 Å².